The molecule has 3 rings (SSSR count). The molecular weight excluding hydrogens is 320 g/mol. The molecule has 2 aliphatic rings. The fourth-order valence-corrected chi connectivity index (χ4v) is 3.51. The molecule has 0 N–H and O–H groups in total. The number of hydrogen-bond donors (Lipinski definition) is 0. The molecule has 3 heterocycles. The maximum atomic E-state index is 12.8. The highest BCUT2D eigenvalue weighted by atomic mass is 16.6. The van der Waals surface area contributed by atoms with E-state index in [1.54, 1.807) is 18.0 Å². The zero-order valence-corrected chi connectivity index (χ0v) is 14.8. The predicted octanol–water partition coefficient (Wildman–Crippen LogP) is 1.60. The number of hydrogen-bond acceptors (Lipinski definition) is 5. The van der Waals surface area contributed by atoms with Crippen molar-refractivity contribution >= 4 is 17.8 Å². The number of carbonyl (C=O) groups excluding carboxylic acids is 2. The molecule has 0 bridgehead atoms. The third-order valence-corrected chi connectivity index (χ3v) is 4.86. The lowest BCUT2D eigenvalue weighted by atomic mass is 9.96. The lowest BCUT2D eigenvalue weighted by Gasteiger charge is -2.39. The number of aromatic nitrogens is 1. The molecule has 2 aliphatic heterocycles. The Bertz CT molecular complexity index is 587. The van der Waals surface area contributed by atoms with Gasteiger partial charge in [0.05, 0.1) is 12.5 Å². The predicted molar refractivity (Wildman–Crippen MR) is 94.3 cm³/mol. The zero-order chi connectivity index (χ0) is 17.6. The van der Waals surface area contributed by atoms with Gasteiger partial charge in [-0.25, -0.2) is 9.78 Å². The molecule has 0 spiro atoms. The number of ether oxygens (including phenoxy) is 1. The summed E-state index contributed by atoms with van der Waals surface area (Å²) in [6, 6.07) is 5.88. The Hall–Kier alpha value is -2.31. The van der Waals surface area contributed by atoms with Gasteiger partial charge in [-0.05, 0) is 31.9 Å². The van der Waals surface area contributed by atoms with E-state index in [0.29, 0.717) is 32.8 Å². The maximum absolute atomic E-state index is 12.8. The first-order valence-corrected chi connectivity index (χ1v) is 9.05. The third kappa shape index (κ3) is 4.21. The molecule has 1 atom stereocenters. The highest BCUT2D eigenvalue weighted by Gasteiger charge is 2.33. The van der Waals surface area contributed by atoms with Gasteiger partial charge >= 0.3 is 6.09 Å². The van der Waals surface area contributed by atoms with Crippen LogP contribution >= 0.6 is 0 Å². The van der Waals surface area contributed by atoms with Crippen molar-refractivity contribution in [3.05, 3.63) is 24.4 Å². The van der Waals surface area contributed by atoms with Crippen LogP contribution in [0.2, 0.25) is 0 Å². The Morgan fingerprint density at radius 2 is 1.96 bits per heavy atom. The number of rotatable bonds is 3. The minimum absolute atomic E-state index is 0.112. The van der Waals surface area contributed by atoms with Gasteiger partial charge < -0.3 is 19.4 Å². The molecule has 0 aliphatic carbocycles. The van der Waals surface area contributed by atoms with Gasteiger partial charge in [-0.2, -0.15) is 0 Å². The lowest BCUT2D eigenvalue weighted by molar-refractivity contribution is -0.137. The van der Waals surface area contributed by atoms with Gasteiger partial charge in [0.15, 0.2) is 0 Å². The van der Waals surface area contributed by atoms with Crippen molar-refractivity contribution in [2.75, 3.05) is 50.8 Å². The van der Waals surface area contributed by atoms with E-state index < -0.39 is 0 Å². The quantitative estimate of drug-likeness (QED) is 0.832. The fraction of sp³-hybridized carbons (Fsp3) is 0.611. The number of carbonyl (C=O) groups is 2. The second-order valence-corrected chi connectivity index (χ2v) is 6.48. The molecule has 7 nitrogen and oxygen atoms in total. The van der Waals surface area contributed by atoms with Gasteiger partial charge in [0.25, 0.3) is 0 Å². The van der Waals surface area contributed by atoms with Crippen molar-refractivity contribution in [2.24, 2.45) is 5.92 Å². The summed E-state index contributed by atoms with van der Waals surface area (Å²) in [6.07, 6.45) is 3.18. The summed E-state index contributed by atoms with van der Waals surface area (Å²) >= 11 is 0. The number of piperazine rings is 1. The Labute approximate surface area is 148 Å². The average molecular weight is 346 g/mol. The topological polar surface area (TPSA) is 66.0 Å². The van der Waals surface area contributed by atoms with Gasteiger partial charge in [-0.15, -0.1) is 0 Å². The SMILES string of the molecule is CCOC(=O)N1CCCC(C(=O)N2CCN(c3ccccn3)CC2)C1. The summed E-state index contributed by atoms with van der Waals surface area (Å²) in [4.78, 5) is 34.9. The van der Waals surface area contributed by atoms with E-state index in [1.807, 2.05) is 23.1 Å². The van der Waals surface area contributed by atoms with Crippen LogP contribution in [0.3, 0.4) is 0 Å². The Morgan fingerprint density at radius 3 is 2.64 bits per heavy atom. The standard InChI is InChI=1S/C18H26N4O3/c1-2-25-18(24)22-9-5-6-15(14-22)17(23)21-12-10-20(11-13-21)16-7-3-4-8-19-16/h3-4,7-8,15H,2,5-6,9-14H2,1H3. The van der Waals surface area contributed by atoms with Crippen molar-refractivity contribution in [2.45, 2.75) is 19.8 Å². The molecule has 2 fully saturated rings. The van der Waals surface area contributed by atoms with Crippen LogP contribution in [0.25, 0.3) is 0 Å². The number of nitrogens with zero attached hydrogens (tertiary/aromatic N) is 4. The molecule has 25 heavy (non-hydrogen) atoms. The number of amides is 2. The second-order valence-electron chi connectivity index (χ2n) is 6.48. The van der Waals surface area contributed by atoms with E-state index >= 15 is 0 Å². The van der Waals surface area contributed by atoms with Crippen LogP contribution in [-0.2, 0) is 9.53 Å². The van der Waals surface area contributed by atoms with Gasteiger partial charge in [-0.3, -0.25) is 4.79 Å². The second kappa shape index (κ2) is 8.18. The van der Waals surface area contributed by atoms with Gasteiger partial charge in [-0.1, -0.05) is 6.07 Å². The van der Waals surface area contributed by atoms with E-state index in [-0.39, 0.29) is 17.9 Å². The highest BCUT2D eigenvalue weighted by molar-refractivity contribution is 5.80. The highest BCUT2D eigenvalue weighted by Crippen LogP contribution is 2.21. The van der Waals surface area contributed by atoms with Crippen molar-refractivity contribution in [3.8, 4) is 0 Å². The van der Waals surface area contributed by atoms with Gasteiger partial charge in [0, 0.05) is 45.5 Å². The molecule has 2 saturated heterocycles. The van der Waals surface area contributed by atoms with Gasteiger partial charge in [0.1, 0.15) is 5.82 Å². The minimum Gasteiger partial charge on any atom is -0.450 e. The molecule has 136 valence electrons. The largest absolute Gasteiger partial charge is 0.450 e. The molecule has 0 saturated carbocycles. The van der Waals surface area contributed by atoms with E-state index in [4.69, 9.17) is 4.74 Å². The van der Waals surface area contributed by atoms with Crippen LogP contribution in [-0.4, -0.2) is 72.7 Å². The summed E-state index contributed by atoms with van der Waals surface area (Å²) in [5.74, 6) is 1.01. The Balaban J connectivity index is 1.53. The summed E-state index contributed by atoms with van der Waals surface area (Å²) in [5, 5.41) is 0. The fourth-order valence-electron chi connectivity index (χ4n) is 3.51. The van der Waals surface area contributed by atoms with Crippen molar-refractivity contribution < 1.29 is 14.3 Å². The van der Waals surface area contributed by atoms with Crippen LogP contribution in [0, 0.1) is 5.92 Å². The van der Waals surface area contributed by atoms with E-state index in [9.17, 15) is 9.59 Å². The number of anilines is 1. The normalized spacial score (nSPS) is 21.2. The van der Waals surface area contributed by atoms with Crippen LogP contribution in [0.4, 0.5) is 10.6 Å². The Morgan fingerprint density at radius 1 is 1.16 bits per heavy atom. The van der Waals surface area contributed by atoms with Crippen molar-refractivity contribution in [1.82, 2.24) is 14.8 Å². The molecule has 0 radical (unpaired) electrons. The molecule has 1 aromatic heterocycles. The molecule has 1 aromatic rings. The third-order valence-electron chi connectivity index (χ3n) is 4.86. The zero-order valence-electron chi connectivity index (χ0n) is 14.8. The van der Waals surface area contributed by atoms with Crippen LogP contribution in [0.5, 0.6) is 0 Å². The minimum atomic E-state index is -0.306. The molecular formula is C18H26N4O3. The summed E-state index contributed by atoms with van der Waals surface area (Å²) in [7, 11) is 0. The molecule has 7 heteroatoms. The van der Waals surface area contributed by atoms with Crippen molar-refractivity contribution in [1.29, 1.82) is 0 Å². The number of piperidine rings is 1. The summed E-state index contributed by atoms with van der Waals surface area (Å²) < 4.78 is 5.07. The first kappa shape index (κ1) is 17.5. The number of pyridine rings is 1. The van der Waals surface area contributed by atoms with Crippen LogP contribution in [0.1, 0.15) is 19.8 Å². The van der Waals surface area contributed by atoms with E-state index in [0.717, 1.165) is 31.7 Å². The van der Waals surface area contributed by atoms with E-state index in [2.05, 4.69) is 9.88 Å². The number of likely N-dealkylation sites (tertiary alicyclic amines) is 1. The molecule has 2 amide bonds. The molecule has 1 unspecified atom stereocenters. The van der Waals surface area contributed by atoms with Crippen LogP contribution < -0.4 is 4.90 Å². The summed E-state index contributed by atoms with van der Waals surface area (Å²) in [5.41, 5.74) is 0. The van der Waals surface area contributed by atoms with Gasteiger partial charge in [0.2, 0.25) is 5.91 Å². The first-order valence-electron chi connectivity index (χ1n) is 9.05. The smallest absolute Gasteiger partial charge is 0.409 e. The van der Waals surface area contributed by atoms with E-state index in [1.165, 1.54) is 0 Å². The maximum Gasteiger partial charge on any atom is 0.409 e. The summed E-state index contributed by atoms with van der Waals surface area (Å²) in [6.45, 7) is 6.29. The Kier molecular flexibility index (Phi) is 5.73. The lowest BCUT2D eigenvalue weighted by Crippen LogP contribution is -2.53. The average Bonchev–Trinajstić information content (AvgIpc) is 2.68. The monoisotopic (exact) mass is 346 g/mol. The van der Waals surface area contributed by atoms with Crippen molar-refractivity contribution in [3.63, 3.8) is 0 Å². The van der Waals surface area contributed by atoms with Crippen LogP contribution in [0.15, 0.2) is 24.4 Å². The first-order chi connectivity index (χ1) is 12.2. The molecule has 0 aromatic carbocycles.